The summed E-state index contributed by atoms with van der Waals surface area (Å²) < 4.78 is 10.3. The fourth-order valence-corrected chi connectivity index (χ4v) is 2.48. The van der Waals surface area contributed by atoms with Gasteiger partial charge in [-0.1, -0.05) is 28.5 Å². The molecule has 20 heavy (non-hydrogen) atoms. The molecule has 1 aromatic carbocycles. The highest BCUT2D eigenvalue weighted by molar-refractivity contribution is 5.76. The van der Waals surface area contributed by atoms with Crippen LogP contribution in [0, 0.1) is 12.3 Å². The Morgan fingerprint density at radius 2 is 2.20 bits per heavy atom. The molecule has 1 unspecified atom stereocenters. The van der Waals surface area contributed by atoms with E-state index in [1.165, 1.54) is 0 Å². The van der Waals surface area contributed by atoms with E-state index in [2.05, 4.69) is 14.9 Å². The van der Waals surface area contributed by atoms with Gasteiger partial charge in [-0.2, -0.15) is 0 Å². The van der Waals surface area contributed by atoms with E-state index in [4.69, 9.17) is 4.74 Å². The topological polar surface area (TPSA) is 85.5 Å². The van der Waals surface area contributed by atoms with Crippen molar-refractivity contribution in [3.05, 3.63) is 41.2 Å². The Kier molecular flexibility index (Phi) is 2.93. The number of carbonyl (C=O) groups is 1. The third-order valence-electron chi connectivity index (χ3n) is 3.71. The average molecular weight is 274 g/mol. The molecular weight excluding hydrogens is 260 g/mol. The maximum absolute atomic E-state index is 11.8. The van der Waals surface area contributed by atoms with E-state index < -0.39 is 11.4 Å². The lowest BCUT2D eigenvalue weighted by atomic mass is 9.76. The fourth-order valence-electron chi connectivity index (χ4n) is 2.48. The Morgan fingerprint density at radius 1 is 1.40 bits per heavy atom. The van der Waals surface area contributed by atoms with Crippen LogP contribution in [0.5, 0.6) is 5.75 Å². The third kappa shape index (κ3) is 2.03. The van der Waals surface area contributed by atoms with Crippen LogP contribution in [-0.2, 0) is 17.6 Å². The normalized spacial score (nSPS) is 21.1. The van der Waals surface area contributed by atoms with Gasteiger partial charge in [0.15, 0.2) is 0 Å². The zero-order chi connectivity index (χ0) is 14.2. The molecule has 0 bridgehead atoms. The van der Waals surface area contributed by atoms with Gasteiger partial charge >= 0.3 is 5.97 Å². The highest BCUT2D eigenvalue weighted by atomic mass is 16.6. The van der Waals surface area contributed by atoms with Gasteiger partial charge < -0.3 is 9.84 Å². The Morgan fingerprint density at radius 3 is 2.90 bits per heavy atom. The lowest BCUT2D eigenvalue weighted by molar-refractivity contribution is -0.151. The van der Waals surface area contributed by atoms with Crippen LogP contribution < -0.4 is 4.74 Å². The number of fused-ring (bicyclic) bond motifs is 1. The van der Waals surface area contributed by atoms with Crippen LogP contribution in [0.25, 0.3) is 0 Å². The summed E-state index contributed by atoms with van der Waals surface area (Å²) in [5, 5.41) is 17.1. The summed E-state index contributed by atoms with van der Waals surface area (Å²) in [5.74, 6) is -0.145. The van der Waals surface area contributed by atoms with Gasteiger partial charge in [0.1, 0.15) is 29.2 Å². The molecule has 6 nitrogen and oxygen atoms in total. The minimum Gasteiger partial charge on any atom is -0.492 e. The molecule has 0 fully saturated rings. The first-order valence-corrected chi connectivity index (χ1v) is 6.33. The van der Waals surface area contributed by atoms with E-state index in [0.717, 1.165) is 11.3 Å². The van der Waals surface area contributed by atoms with Crippen LogP contribution in [0.4, 0.5) is 0 Å². The lowest BCUT2D eigenvalue weighted by Gasteiger charge is -2.33. The predicted molar refractivity (Wildman–Crippen MR) is 68.4 cm³/mol. The molecule has 0 spiro atoms. The Labute approximate surface area is 115 Å². The van der Waals surface area contributed by atoms with Crippen LogP contribution in [0.2, 0.25) is 0 Å². The number of para-hydroxylation sites is 1. The molecule has 0 amide bonds. The summed E-state index contributed by atoms with van der Waals surface area (Å²) in [5.41, 5.74) is 1.05. The Hall–Kier alpha value is -2.37. The minimum atomic E-state index is -1.03. The molecule has 0 saturated carbocycles. The summed E-state index contributed by atoms with van der Waals surface area (Å²) in [6.45, 7) is 1.87. The van der Waals surface area contributed by atoms with Gasteiger partial charge in [0.25, 0.3) is 0 Å². The maximum Gasteiger partial charge on any atom is 0.313 e. The van der Waals surface area contributed by atoms with Crippen molar-refractivity contribution in [2.24, 2.45) is 5.41 Å². The zero-order valence-corrected chi connectivity index (χ0v) is 11.0. The number of carboxylic acid groups (broad SMARTS) is 1. The molecule has 0 aliphatic carbocycles. The number of benzene rings is 1. The number of rotatable bonds is 3. The van der Waals surface area contributed by atoms with Gasteiger partial charge in [-0.3, -0.25) is 4.79 Å². The molecule has 1 N–H and O–H groups in total. The van der Waals surface area contributed by atoms with Crippen LogP contribution in [0.15, 0.2) is 28.9 Å². The molecule has 1 aromatic heterocycles. The van der Waals surface area contributed by atoms with Crippen LogP contribution in [0.3, 0.4) is 0 Å². The predicted octanol–water partition coefficient (Wildman–Crippen LogP) is 1.63. The molecule has 1 atom stereocenters. The molecule has 2 heterocycles. The van der Waals surface area contributed by atoms with E-state index in [1.54, 1.807) is 6.92 Å². The maximum atomic E-state index is 11.8. The summed E-state index contributed by atoms with van der Waals surface area (Å²) in [6, 6.07) is 7.49. The second-order valence-corrected chi connectivity index (χ2v) is 5.13. The number of aryl methyl sites for hydroxylation is 1. The first-order valence-electron chi connectivity index (χ1n) is 6.33. The van der Waals surface area contributed by atoms with Crippen LogP contribution in [0.1, 0.15) is 17.0 Å². The van der Waals surface area contributed by atoms with E-state index >= 15 is 0 Å². The van der Waals surface area contributed by atoms with Crippen molar-refractivity contribution in [2.75, 3.05) is 6.61 Å². The average Bonchev–Trinajstić information content (AvgIpc) is 2.84. The molecule has 1 aliphatic rings. The van der Waals surface area contributed by atoms with Gasteiger partial charge in [0, 0.05) is 6.42 Å². The van der Waals surface area contributed by atoms with Crippen molar-refractivity contribution in [3.63, 3.8) is 0 Å². The number of carboxylic acids is 1. The molecular formula is C14H14N2O4. The van der Waals surface area contributed by atoms with Gasteiger partial charge in [-0.05, 0) is 25.0 Å². The van der Waals surface area contributed by atoms with Gasteiger partial charge in [-0.25, -0.2) is 4.63 Å². The minimum absolute atomic E-state index is 0.117. The largest absolute Gasteiger partial charge is 0.492 e. The van der Waals surface area contributed by atoms with E-state index in [9.17, 15) is 9.90 Å². The lowest BCUT2D eigenvalue weighted by Crippen LogP contribution is -2.44. The summed E-state index contributed by atoms with van der Waals surface area (Å²) >= 11 is 0. The van der Waals surface area contributed by atoms with Crippen molar-refractivity contribution in [1.29, 1.82) is 0 Å². The molecule has 104 valence electrons. The number of ether oxygens (including phenoxy) is 1. The summed E-state index contributed by atoms with van der Waals surface area (Å²) in [6.07, 6.45) is 0.650. The highest BCUT2D eigenvalue weighted by Gasteiger charge is 2.44. The summed E-state index contributed by atoms with van der Waals surface area (Å²) in [4.78, 5) is 11.8. The van der Waals surface area contributed by atoms with Crippen molar-refractivity contribution >= 4 is 5.97 Å². The van der Waals surface area contributed by atoms with E-state index in [-0.39, 0.29) is 13.0 Å². The number of aliphatic carboxylic acids is 1. The zero-order valence-electron chi connectivity index (χ0n) is 11.0. The van der Waals surface area contributed by atoms with E-state index in [1.807, 2.05) is 24.3 Å². The monoisotopic (exact) mass is 274 g/mol. The number of nitrogens with zero attached hydrogens (tertiary/aromatic N) is 2. The summed E-state index contributed by atoms with van der Waals surface area (Å²) in [7, 11) is 0. The molecule has 0 saturated heterocycles. The van der Waals surface area contributed by atoms with E-state index in [0.29, 0.717) is 17.8 Å². The van der Waals surface area contributed by atoms with Crippen molar-refractivity contribution in [1.82, 2.24) is 10.3 Å². The van der Waals surface area contributed by atoms with Gasteiger partial charge in [-0.15, -0.1) is 0 Å². The molecule has 6 heteroatoms. The van der Waals surface area contributed by atoms with Gasteiger partial charge in [0.05, 0.1) is 0 Å². The van der Waals surface area contributed by atoms with Crippen molar-refractivity contribution in [2.45, 2.75) is 19.8 Å². The van der Waals surface area contributed by atoms with Crippen molar-refractivity contribution in [3.8, 4) is 5.75 Å². The van der Waals surface area contributed by atoms with Crippen molar-refractivity contribution < 1.29 is 19.3 Å². The quantitative estimate of drug-likeness (QED) is 0.915. The number of hydrogen-bond donors (Lipinski definition) is 1. The molecule has 1 aliphatic heterocycles. The third-order valence-corrected chi connectivity index (χ3v) is 3.71. The van der Waals surface area contributed by atoms with Crippen LogP contribution in [-0.4, -0.2) is 28.0 Å². The molecule has 0 radical (unpaired) electrons. The SMILES string of the molecule is Cc1nonc1CC1(C(=O)O)COc2ccccc2C1. The second kappa shape index (κ2) is 4.63. The fraction of sp³-hybridized carbons (Fsp3) is 0.357. The molecule has 2 aromatic rings. The second-order valence-electron chi connectivity index (χ2n) is 5.13. The standard InChI is InChI=1S/C14H14N2O4/c1-9-11(16-20-15-9)7-14(13(17)18)6-10-4-2-3-5-12(10)19-8-14/h2-5H,6-8H2,1H3,(H,17,18). The number of hydrogen-bond acceptors (Lipinski definition) is 5. The van der Waals surface area contributed by atoms with Gasteiger partial charge in [0.2, 0.25) is 0 Å². The first-order chi connectivity index (χ1) is 9.61. The first kappa shape index (κ1) is 12.7. The number of aromatic nitrogens is 2. The Balaban J connectivity index is 1.95. The molecule has 3 rings (SSSR count). The Bertz CT molecular complexity index is 652. The smallest absolute Gasteiger partial charge is 0.313 e. The highest BCUT2D eigenvalue weighted by Crippen LogP contribution is 2.37. The van der Waals surface area contributed by atoms with Crippen LogP contribution >= 0.6 is 0 Å².